The van der Waals surface area contributed by atoms with Crippen molar-refractivity contribution in [3.63, 3.8) is 0 Å². The highest BCUT2D eigenvalue weighted by Gasteiger charge is 2.55. The van der Waals surface area contributed by atoms with Crippen molar-refractivity contribution >= 4 is 0 Å². The third-order valence-electron chi connectivity index (χ3n) is 9.32. The van der Waals surface area contributed by atoms with Gasteiger partial charge in [0.25, 0.3) is 0 Å². The molecule has 2 aliphatic carbocycles. The average Bonchev–Trinajstić information content (AvgIpc) is 3.14. The molecule has 3 aliphatic rings. The van der Waals surface area contributed by atoms with Gasteiger partial charge in [-0.3, -0.25) is 0 Å². The zero-order valence-corrected chi connectivity index (χ0v) is 21.4. The SMILES string of the molecule is C=C(/C(C)=C\C=C1/CCCC2(C)C1CCC2[C@@H](C)CN1CCC(O)(C(F)(F)F)CC1)C(O)CC. The van der Waals surface area contributed by atoms with Gasteiger partial charge in [0.1, 0.15) is 0 Å². The van der Waals surface area contributed by atoms with Gasteiger partial charge >= 0.3 is 6.18 Å². The van der Waals surface area contributed by atoms with Gasteiger partial charge in [-0.05, 0) is 92.6 Å². The van der Waals surface area contributed by atoms with E-state index in [1.807, 2.05) is 13.8 Å². The summed E-state index contributed by atoms with van der Waals surface area (Å²) in [5.41, 5.74) is 1.00. The summed E-state index contributed by atoms with van der Waals surface area (Å²) in [5.74, 6) is 1.49. The van der Waals surface area contributed by atoms with E-state index < -0.39 is 17.9 Å². The van der Waals surface area contributed by atoms with Crippen LogP contribution in [0.25, 0.3) is 0 Å². The first kappa shape index (κ1) is 27.5. The maximum absolute atomic E-state index is 13.2. The molecule has 3 nitrogen and oxygen atoms in total. The van der Waals surface area contributed by atoms with Crippen LogP contribution in [0.2, 0.25) is 0 Å². The van der Waals surface area contributed by atoms with Crippen molar-refractivity contribution in [2.75, 3.05) is 19.6 Å². The van der Waals surface area contributed by atoms with Gasteiger partial charge in [-0.15, -0.1) is 0 Å². The molecular formula is C28H44F3NO2. The third kappa shape index (κ3) is 5.49. The largest absolute Gasteiger partial charge is 0.417 e. The average molecular weight is 484 g/mol. The maximum atomic E-state index is 13.2. The minimum atomic E-state index is -4.55. The summed E-state index contributed by atoms with van der Waals surface area (Å²) < 4.78 is 39.5. The Morgan fingerprint density at radius 2 is 1.88 bits per heavy atom. The van der Waals surface area contributed by atoms with Crippen LogP contribution in [0.1, 0.15) is 79.1 Å². The molecule has 34 heavy (non-hydrogen) atoms. The molecule has 2 saturated carbocycles. The maximum Gasteiger partial charge on any atom is 0.417 e. The van der Waals surface area contributed by atoms with Crippen molar-refractivity contribution in [3.8, 4) is 0 Å². The summed E-state index contributed by atoms with van der Waals surface area (Å²) in [6.45, 7) is 14.1. The van der Waals surface area contributed by atoms with Gasteiger partial charge in [-0.1, -0.05) is 45.1 Å². The molecule has 0 aromatic rings. The second-order valence-electron chi connectivity index (χ2n) is 11.4. The fourth-order valence-corrected chi connectivity index (χ4v) is 6.99. The van der Waals surface area contributed by atoms with Crippen molar-refractivity contribution in [2.24, 2.45) is 23.2 Å². The molecule has 4 unspecified atom stereocenters. The highest BCUT2D eigenvalue weighted by atomic mass is 19.4. The third-order valence-corrected chi connectivity index (χ3v) is 9.32. The molecule has 1 saturated heterocycles. The number of aliphatic hydroxyl groups is 2. The quantitative estimate of drug-likeness (QED) is 0.410. The first-order valence-corrected chi connectivity index (χ1v) is 13.1. The van der Waals surface area contributed by atoms with Crippen LogP contribution in [-0.4, -0.2) is 52.6 Å². The summed E-state index contributed by atoms with van der Waals surface area (Å²) in [6.07, 6.45) is 5.32. The molecule has 194 valence electrons. The van der Waals surface area contributed by atoms with Gasteiger partial charge in [0.05, 0.1) is 6.10 Å². The van der Waals surface area contributed by atoms with Gasteiger partial charge in [-0.25, -0.2) is 0 Å². The van der Waals surface area contributed by atoms with Gasteiger partial charge in [0.15, 0.2) is 5.60 Å². The molecule has 0 aromatic carbocycles. The first-order valence-electron chi connectivity index (χ1n) is 13.1. The second-order valence-corrected chi connectivity index (χ2v) is 11.4. The number of allylic oxidation sites excluding steroid dienone is 3. The van der Waals surface area contributed by atoms with E-state index in [2.05, 4.69) is 37.5 Å². The number of rotatable bonds is 7. The Balaban J connectivity index is 1.65. The van der Waals surface area contributed by atoms with Crippen LogP contribution in [0.5, 0.6) is 0 Å². The lowest BCUT2D eigenvalue weighted by Gasteiger charge is -2.46. The molecule has 3 fully saturated rings. The number of nitrogens with zero attached hydrogens (tertiary/aromatic N) is 1. The molecule has 5 atom stereocenters. The smallest absolute Gasteiger partial charge is 0.388 e. The molecule has 0 spiro atoms. The van der Waals surface area contributed by atoms with E-state index in [4.69, 9.17) is 0 Å². The van der Waals surface area contributed by atoms with Crippen molar-refractivity contribution in [3.05, 3.63) is 35.5 Å². The number of aliphatic hydroxyl groups excluding tert-OH is 1. The number of likely N-dealkylation sites (tertiary alicyclic amines) is 1. The Hall–Kier alpha value is -1.11. The van der Waals surface area contributed by atoms with E-state index in [-0.39, 0.29) is 18.3 Å². The number of hydrogen-bond acceptors (Lipinski definition) is 3. The zero-order valence-electron chi connectivity index (χ0n) is 21.4. The number of alkyl halides is 3. The summed E-state index contributed by atoms with van der Waals surface area (Å²) in [7, 11) is 0. The molecule has 1 heterocycles. The molecule has 0 aromatic heterocycles. The summed E-state index contributed by atoms with van der Waals surface area (Å²) in [4.78, 5) is 2.12. The molecule has 0 radical (unpaired) electrons. The van der Waals surface area contributed by atoms with Gasteiger partial charge in [0.2, 0.25) is 0 Å². The minimum absolute atomic E-state index is 0.216. The lowest BCUT2D eigenvalue weighted by Crippen LogP contribution is -2.54. The van der Waals surface area contributed by atoms with E-state index in [9.17, 15) is 23.4 Å². The van der Waals surface area contributed by atoms with Crippen LogP contribution >= 0.6 is 0 Å². The number of hydrogen-bond donors (Lipinski definition) is 2. The Bertz CT molecular complexity index is 794. The molecule has 2 N–H and O–H groups in total. The lowest BCUT2D eigenvalue weighted by atomic mass is 9.61. The van der Waals surface area contributed by atoms with Crippen molar-refractivity contribution < 1.29 is 23.4 Å². The van der Waals surface area contributed by atoms with Crippen LogP contribution in [-0.2, 0) is 0 Å². The summed E-state index contributed by atoms with van der Waals surface area (Å²) in [5, 5.41) is 20.1. The number of piperidine rings is 1. The number of fused-ring (bicyclic) bond motifs is 1. The summed E-state index contributed by atoms with van der Waals surface area (Å²) in [6, 6.07) is 0. The predicted molar refractivity (Wildman–Crippen MR) is 131 cm³/mol. The zero-order chi connectivity index (χ0) is 25.3. The van der Waals surface area contributed by atoms with E-state index >= 15 is 0 Å². The minimum Gasteiger partial charge on any atom is -0.388 e. The Morgan fingerprint density at radius 3 is 2.47 bits per heavy atom. The lowest BCUT2D eigenvalue weighted by molar-refractivity contribution is -0.272. The van der Waals surface area contributed by atoms with Crippen LogP contribution in [0.4, 0.5) is 13.2 Å². The monoisotopic (exact) mass is 483 g/mol. The van der Waals surface area contributed by atoms with E-state index in [0.717, 1.165) is 43.4 Å². The van der Waals surface area contributed by atoms with E-state index in [0.29, 0.717) is 37.3 Å². The van der Waals surface area contributed by atoms with Crippen LogP contribution in [0.3, 0.4) is 0 Å². The van der Waals surface area contributed by atoms with E-state index in [1.54, 1.807) is 0 Å². The molecule has 3 rings (SSSR count). The molecular weight excluding hydrogens is 439 g/mol. The van der Waals surface area contributed by atoms with Crippen molar-refractivity contribution in [1.82, 2.24) is 4.90 Å². The Morgan fingerprint density at radius 1 is 1.24 bits per heavy atom. The van der Waals surface area contributed by atoms with Crippen molar-refractivity contribution in [2.45, 2.75) is 96.9 Å². The van der Waals surface area contributed by atoms with Crippen LogP contribution < -0.4 is 0 Å². The van der Waals surface area contributed by atoms with Crippen LogP contribution in [0.15, 0.2) is 35.5 Å². The fourth-order valence-electron chi connectivity index (χ4n) is 6.99. The standard InChI is InChI=1S/C28H44F3NO2/c1-6-25(33)21(4)19(2)9-10-22-8-7-13-26(5)23(11-12-24(22)26)20(3)18-32-16-14-27(34,15-17-32)28(29,30)31/h9-10,20,23-25,33-34H,4,6-8,11-18H2,1-3,5H3/b19-9-,22-10+/t20-,23?,24?,25?,26?/m0/s1. The molecule has 0 amide bonds. The molecule has 0 bridgehead atoms. The Kier molecular flexibility index (Phi) is 8.47. The normalized spacial score (nSPS) is 33.6. The second kappa shape index (κ2) is 10.5. The first-order chi connectivity index (χ1) is 15.8. The summed E-state index contributed by atoms with van der Waals surface area (Å²) >= 11 is 0. The fraction of sp³-hybridized carbons (Fsp3) is 0.786. The molecule has 1 aliphatic heterocycles. The van der Waals surface area contributed by atoms with E-state index in [1.165, 1.54) is 12.0 Å². The van der Waals surface area contributed by atoms with Crippen molar-refractivity contribution in [1.29, 1.82) is 0 Å². The highest BCUT2D eigenvalue weighted by molar-refractivity contribution is 5.34. The topological polar surface area (TPSA) is 43.7 Å². The van der Waals surface area contributed by atoms with Gasteiger partial charge < -0.3 is 15.1 Å². The van der Waals surface area contributed by atoms with Crippen LogP contribution in [0, 0.1) is 23.2 Å². The van der Waals surface area contributed by atoms with Gasteiger partial charge in [-0.2, -0.15) is 13.2 Å². The molecule has 6 heteroatoms. The number of halogens is 3. The van der Waals surface area contributed by atoms with Gasteiger partial charge in [0, 0.05) is 19.6 Å². The highest BCUT2D eigenvalue weighted by Crippen LogP contribution is 2.59. The Labute approximate surface area is 203 Å². The predicted octanol–water partition coefficient (Wildman–Crippen LogP) is 6.43.